The Morgan fingerprint density at radius 3 is 2.94 bits per heavy atom. The van der Waals surface area contributed by atoms with Crippen LogP contribution in [0.15, 0.2) is 18.3 Å². The summed E-state index contributed by atoms with van der Waals surface area (Å²) in [6.45, 7) is 3.92. The maximum absolute atomic E-state index is 11.0. The van der Waals surface area contributed by atoms with Crippen LogP contribution in [0, 0.1) is 17.0 Å². The Morgan fingerprint density at radius 2 is 2.41 bits per heavy atom. The first-order chi connectivity index (χ1) is 8.04. The Morgan fingerprint density at radius 1 is 1.71 bits per heavy atom. The summed E-state index contributed by atoms with van der Waals surface area (Å²) < 4.78 is 6.08. The molecule has 1 aromatic heterocycles. The number of allylic oxidation sites excluding steroid dienone is 1. The third-order valence-corrected chi connectivity index (χ3v) is 1.92. The maximum atomic E-state index is 11.0. The topological polar surface area (TPSA) is 87.3 Å². The monoisotopic (exact) mass is 239 g/mol. The lowest BCUT2D eigenvalue weighted by atomic mass is 10.4. The van der Waals surface area contributed by atoms with Crippen molar-refractivity contribution in [3.63, 3.8) is 0 Å². The molecule has 0 aliphatic heterocycles. The molecule has 0 fully saturated rings. The third-order valence-electron chi connectivity index (χ3n) is 1.92. The zero-order valence-electron chi connectivity index (χ0n) is 9.62. The highest BCUT2D eigenvalue weighted by Crippen LogP contribution is 2.13. The van der Waals surface area contributed by atoms with Gasteiger partial charge in [0, 0.05) is 6.08 Å². The van der Waals surface area contributed by atoms with Gasteiger partial charge in [-0.1, -0.05) is 6.08 Å². The summed E-state index contributed by atoms with van der Waals surface area (Å²) in [6, 6.07) is 0. The smallest absolute Gasteiger partial charge is 0.392 e. The van der Waals surface area contributed by atoms with Gasteiger partial charge in [-0.05, 0) is 18.8 Å². The molecule has 0 amide bonds. The van der Waals surface area contributed by atoms with Crippen molar-refractivity contribution in [2.24, 2.45) is 0 Å². The lowest BCUT2D eigenvalue weighted by molar-refractivity contribution is -0.390. The number of carbonyl (C=O) groups is 1. The molecule has 0 radical (unpaired) electrons. The molecule has 17 heavy (non-hydrogen) atoms. The van der Waals surface area contributed by atoms with Gasteiger partial charge in [0.1, 0.15) is 0 Å². The van der Waals surface area contributed by atoms with Crippen LogP contribution in [0.2, 0.25) is 0 Å². The summed E-state index contributed by atoms with van der Waals surface area (Å²) in [5.41, 5.74) is 0.486. The van der Waals surface area contributed by atoms with E-state index in [9.17, 15) is 14.9 Å². The number of aryl methyl sites for hydroxylation is 1. The molecule has 0 spiro atoms. The quantitative estimate of drug-likeness (QED) is 0.333. The maximum Gasteiger partial charge on any atom is 0.392 e. The van der Waals surface area contributed by atoms with Gasteiger partial charge in [-0.15, -0.1) is 0 Å². The highest BCUT2D eigenvalue weighted by Gasteiger charge is 2.15. The second kappa shape index (κ2) is 5.78. The van der Waals surface area contributed by atoms with Crippen molar-refractivity contribution < 1.29 is 14.5 Å². The number of carbonyl (C=O) groups excluding carboxylic acids is 1. The van der Waals surface area contributed by atoms with Crippen molar-refractivity contribution in [1.82, 2.24) is 9.78 Å². The molecule has 0 saturated heterocycles. The molecule has 0 bridgehead atoms. The predicted molar refractivity (Wildman–Crippen MR) is 59.4 cm³/mol. The Kier molecular flexibility index (Phi) is 4.38. The molecular formula is C10H13N3O4. The fourth-order valence-electron chi connectivity index (χ4n) is 1.23. The second-order valence-electron chi connectivity index (χ2n) is 3.27. The van der Waals surface area contributed by atoms with Crippen molar-refractivity contribution in [3.05, 3.63) is 34.0 Å². The van der Waals surface area contributed by atoms with Crippen molar-refractivity contribution in [1.29, 1.82) is 0 Å². The number of esters is 1. The largest absolute Gasteiger partial charge is 0.463 e. The van der Waals surface area contributed by atoms with Crippen molar-refractivity contribution in [2.45, 2.75) is 20.4 Å². The van der Waals surface area contributed by atoms with E-state index in [0.717, 1.165) is 0 Å². The number of nitro groups is 1. The Bertz CT molecular complexity index is 450. The van der Waals surface area contributed by atoms with E-state index in [0.29, 0.717) is 12.2 Å². The zero-order chi connectivity index (χ0) is 12.8. The van der Waals surface area contributed by atoms with Crippen LogP contribution in [0.5, 0.6) is 0 Å². The van der Waals surface area contributed by atoms with Gasteiger partial charge in [-0.3, -0.25) is 0 Å². The summed E-state index contributed by atoms with van der Waals surface area (Å²) >= 11 is 0. The number of nitrogens with zero attached hydrogens (tertiary/aromatic N) is 3. The van der Waals surface area contributed by atoms with E-state index in [2.05, 4.69) is 9.84 Å². The summed E-state index contributed by atoms with van der Waals surface area (Å²) in [7, 11) is 0. The molecule has 1 rings (SSSR count). The molecular weight excluding hydrogens is 226 g/mol. The highest BCUT2D eigenvalue weighted by atomic mass is 16.6. The number of rotatable bonds is 5. The summed E-state index contributed by atoms with van der Waals surface area (Å²) in [6.07, 6.45) is 4.36. The molecule has 1 heterocycles. The van der Waals surface area contributed by atoms with Gasteiger partial charge < -0.3 is 14.9 Å². The molecule has 0 saturated carbocycles. The summed E-state index contributed by atoms with van der Waals surface area (Å²) in [5.74, 6) is -0.611. The third kappa shape index (κ3) is 3.71. The number of hydrogen-bond donors (Lipinski definition) is 0. The van der Waals surface area contributed by atoms with E-state index < -0.39 is 10.9 Å². The Hall–Kier alpha value is -2.18. The molecule has 7 nitrogen and oxygen atoms in total. The molecule has 0 unspecified atom stereocenters. The first kappa shape index (κ1) is 12.9. The first-order valence-corrected chi connectivity index (χ1v) is 5.06. The van der Waals surface area contributed by atoms with Crippen LogP contribution in [-0.4, -0.2) is 27.3 Å². The number of ether oxygens (including phenoxy) is 1. The van der Waals surface area contributed by atoms with Crippen LogP contribution in [0.4, 0.5) is 5.82 Å². The Balaban J connectivity index is 2.61. The minimum atomic E-state index is -0.541. The lowest BCUT2D eigenvalue weighted by Crippen LogP contribution is -2.01. The van der Waals surface area contributed by atoms with Crippen molar-refractivity contribution in [3.8, 4) is 0 Å². The molecule has 0 atom stereocenters. The lowest BCUT2D eigenvalue weighted by Gasteiger charge is -1.93. The summed E-state index contributed by atoms with van der Waals surface area (Å²) in [4.78, 5) is 21.0. The van der Waals surface area contributed by atoms with Crippen molar-refractivity contribution >= 4 is 11.8 Å². The average Bonchev–Trinajstić information content (AvgIpc) is 2.60. The normalized spacial score (nSPS) is 10.7. The second-order valence-corrected chi connectivity index (χ2v) is 3.27. The molecule has 7 heteroatoms. The average molecular weight is 239 g/mol. The molecule has 1 aromatic rings. The van der Waals surface area contributed by atoms with Gasteiger partial charge in [-0.2, -0.15) is 4.68 Å². The van der Waals surface area contributed by atoms with E-state index in [4.69, 9.17) is 0 Å². The van der Waals surface area contributed by atoms with Gasteiger partial charge in [0.25, 0.3) is 0 Å². The van der Waals surface area contributed by atoms with E-state index in [-0.39, 0.29) is 12.4 Å². The minimum Gasteiger partial charge on any atom is -0.463 e. The van der Waals surface area contributed by atoms with Crippen LogP contribution in [0.3, 0.4) is 0 Å². The van der Waals surface area contributed by atoms with Crippen LogP contribution in [0.25, 0.3) is 0 Å². The fraction of sp³-hybridized carbons (Fsp3) is 0.400. The van der Waals surface area contributed by atoms with Gasteiger partial charge >= 0.3 is 11.8 Å². The standard InChI is InChI=1S/C10H13N3O4/c1-3-17-9(14)5-4-6-12-7-8(2)10(11-12)13(15)16/h4-5,7H,3,6H2,1-2H3/b5-4+. The SMILES string of the molecule is CCOC(=O)/C=C/Cn1cc(C)c([N+](=O)[O-])n1. The van der Waals surface area contributed by atoms with Crippen LogP contribution < -0.4 is 0 Å². The molecule has 0 aliphatic rings. The first-order valence-electron chi connectivity index (χ1n) is 5.06. The molecule has 0 aromatic carbocycles. The predicted octanol–water partition coefficient (Wildman–Crippen LogP) is 1.22. The van der Waals surface area contributed by atoms with E-state index >= 15 is 0 Å². The van der Waals surface area contributed by atoms with Crippen LogP contribution >= 0.6 is 0 Å². The van der Waals surface area contributed by atoms with Gasteiger partial charge in [-0.25, -0.2) is 4.79 Å². The minimum absolute atomic E-state index is 0.172. The van der Waals surface area contributed by atoms with Crippen molar-refractivity contribution in [2.75, 3.05) is 6.61 Å². The number of aromatic nitrogens is 2. The molecule has 0 aliphatic carbocycles. The van der Waals surface area contributed by atoms with Gasteiger partial charge in [0.05, 0.1) is 30.0 Å². The van der Waals surface area contributed by atoms with E-state index in [1.165, 1.54) is 16.8 Å². The summed E-state index contributed by atoms with van der Waals surface area (Å²) in [5, 5.41) is 14.3. The fourth-order valence-corrected chi connectivity index (χ4v) is 1.23. The zero-order valence-corrected chi connectivity index (χ0v) is 9.62. The van der Waals surface area contributed by atoms with Crippen LogP contribution in [0.1, 0.15) is 12.5 Å². The number of hydrogen-bond acceptors (Lipinski definition) is 5. The molecule has 92 valence electrons. The van der Waals surface area contributed by atoms with Crippen LogP contribution in [-0.2, 0) is 16.1 Å². The Labute approximate surface area is 97.8 Å². The van der Waals surface area contributed by atoms with Gasteiger partial charge in [0.2, 0.25) is 0 Å². The van der Waals surface area contributed by atoms with Gasteiger partial charge in [0.15, 0.2) is 0 Å². The highest BCUT2D eigenvalue weighted by molar-refractivity contribution is 5.81. The van der Waals surface area contributed by atoms with E-state index in [1.54, 1.807) is 20.0 Å². The van der Waals surface area contributed by atoms with E-state index in [1.807, 2.05) is 0 Å². The molecule has 0 N–H and O–H groups in total.